The minimum absolute atomic E-state index is 0.0542. The molecule has 2 heterocycles. The number of benzene rings is 2. The van der Waals surface area contributed by atoms with Crippen LogP contribution in [0.2, 0.25) is 0 Å². The van der Waals surface area contributed by atoms with Crippen LogP contribution < -0.4 is 0 Å². The molecule has 0 atom stereocenters. The molecule has 0 unspecified atom stereocenters. The van der Waals surface area contributed by atoms with E-state index < -0.39 is 0 Å². The first kappa shape index (κ1) is 17.9. The molecule has 4 rings (SSSR count). The summed E-state index contributed by atoms with van der Waals surface area (Å²) in [7, 11) is 1.95. The van der Waals surface area contributed by atoms with Crippen LogP contribution in [0.25, 0.3) is 11.1 Å². The van der Waals surface area contributed by atoms with E-state index in [0.717, 1.165) is 38.3 Å². The van der Waals surface area contributed by atoms with Gasteiger partial charge in [-0.3, -0.25) is 4.90 Å². The van der Waals surface area contributed by atoms with Crippen LogP contribution in [-0.2, 0) is 20.2 Å². The standard InChI is InChI=1S/C22H26N4O/c1-25-21(16-27)23-24-22(25)20-11-13-26(14-12-20)15-17-7-9-19(10-8-17)18-5-3-2-4-6-18/h2-10,20,27H,11-16H2,1H3. The molecule has 0 saturated carbocycles. The number of aromatic nitrogens is 3. The monoisotopic (exact) mass is 362 g/mol. The van der Waals surface area contributed by atoms with Gasteiger partial charge >= 0.3 is 0 Å². The number of piperidine rings is 1. The van der Waals surface area contributed by atoms with Gasteiger partial charge in [0.1, 0.15) is 12.4 Å². The lowest BCUT2D eigenvalue weighted by molar-refractivity contribution is 0.200. The Morgan fingerprint density at radius 3 is 2.22 bits per heavy atom. The van der Waals surface area contributed by atoms with Gasteiger partial charge in [-0.1, -0.05) is 54.6 Å². The fraction of sp³-hybridized carbons (Fsp3) is 0.364. The summed E-state index contributed by atoms with van der Waals surface area (Å²) in [5.74, 6) is 2.08. The molecule has 27 heavy (non-hydrogen) atoms. The van der Waals surface area contributed by atoms with Crippen molar-refractivity contribution in [3.8, 4) is 11.1 Å². The second kappa shape index (κ2) is 8.03. The van der Waals surface area contributed by atoms with Crippen LogP contribution in [-0.4, -0.2) is 37.9 Å². The molecule has 1 saturated heterocycles. The number of hydrogen-bond acceptors (Lipinski definition) is 4. The van der Waals surface area contributed by atoms with Crippen molar-refractivity contribution in [2.75, 3.05) is 13.1 Å². The van der Waals surface area contributed by atoms with E-state index >= 15 is 0 Å². The molecule has 140 valence electrons. The zero-order chi connectivity index (χ0) is 18.6. The first-order valence-corrected chi connectivity index (χ1v) is 9.60. The van der Waals surface area contributed by atoms with E-state index in [0.29, 0.717) is 11.7 Å². The summed E-state index contributed by atoms with van der Waals surface area (Å²) < 4.78 is 1.95. The van der Waals surface area contributed by atoms with Crippen LogP contribution in [0.15, 0.2) is 54.6 Å². The van der Waals surface area contributed by atoms with Crippen molar-refractivity contribution < 1.29 is 5.11 Å². The fourth-order valence-corrected chi connectivity index (χ4v) is 3.91. The van der Waals surface area contributed by atoms with E-state index in [9.17, 15) is 5.11 Å². The third kappa shape index (κ3) is 3.94. The van der Waals surface area contributed by atoms with Crippen LogP contribution in [0.3, 0.4) is 0 Å². The molecule has 2 aromatic carbocycles. The minimum Gasteiger partial charge on any atom is -0.388 e. The Morgan fingerprint density at radius 2 is 1.59 bits per heavy atom. The summed E-state index contributed by atoms with van der Waals surface area (Å²) in [4.78, 5) is 2.51. The Balaban J connectivity index is 1.34. The molecular formula is C22H26N4O. The van der Waals surface area contributed by atoms with Crippen molar-refractivity contribution in [1.82, 2.24) is 19.7 Å². The second-order valence-electron chi connectivity index (χ2n) is 7.30. The number of likely N-dealkylation sites (tertiary alicyclic amines) is 1. The molecule has 3 aromatic rings. The van der Waals surface area contributed by atoms with Gasteiger partial charge in [0.25, 0.3) is 0 Å². The summed E-state index contributed by atoms with van der Waals surface area (Å²) in [5, 5.41) is 17.7. The van der Waals surface area contributed by atoms with E-state index in [4.69, 9.17) is 0 Å². The minimum atomic E-state index is -0.0542. The number of hydrogen-bond donors (Lipinski definition) is 1. The SMILES string of the molecule is Cn1c(CO)nnc1C1CCN(Cc2ccc(-c3ccccc3)cc2)CC1. The first-order valence-electron chi connectivity index (χ1n) is 9.60. The highest BCUT2D eigenvalue weighted by molar-refractivity contribution is 5.63. The van der Waals surface area contributed by atoms with E-state index in [-0.39, 0.29) is 6.61 Å². The molecule has 0 radical (unpaired) electrons. The number of aliphatic hydroxyl groups is 1. The lowest BCUT2D eigenvalue weighted by atomic mass is 9.95. The van der Waals surface area contributed by atoms with Gasteiger partial charge in [-0.25, -0.2) is 0 Å². The van der Waals surface area contributed by atoms with E-state index in [1.165, 1.54) is 16.7 Å². The van der Waals surface area contributed by atoms with Gasteiger partial charge in [0.2, 0.25) is 0 Å². The van der Waals surface area contributed by atoms with Gasteiger partial charge in [-0.2, -0.15) is 0 Å². The average Bonchev–Trinajstić information content (AvgIpc) is 3.10. The number of nitrogens with zero attached hydrogens (tertiary/aromatic N) is 4. The first-order chi connectivity index (χ1) is 13.2. The van der Waals surface area contributed by atoms with Crippen LogP contribution in [0.4, 0.5) is 0 Å². The van der Waals surface area contributed by atoms with Gasteiger partial charge in [0, 0.05) is 19.5 Å². The molecule has 0 spiro atoms. The van der Waals surface area contributed by atoms with Crippen LogP contribution in [0.1, 0.15) is 36.0 Å². The fourth-order valence-electron chi connectivity index (χ4n) is 3.91. The lowest BCUT2D eigenvalue weighted by Crippen LogP contribution is -2.33. The van der Waals surface area contributed by atoms with Gasteiger partial charge in [-0.05, 0) is 42.6 Å². The zero-order valence-corrected chi connectivity index (χ0v) is 15.8. The predicted molar refractivity (Wildman–Crippen MR) is 106 cm³/mol. The third-order valence-corrected chi connectivity index (χ3v) is 5.56. The molecule has 0 aliphatic carbocycles. The van der Waals surface area contributed by atoms with Crippen molar-refractivity contribution in [3.05, 3.63) is 71.8 Å². The van der Waals surface area contributed by atoms with Gasteiger partial charge in [0.05, 0.1) is 0 Å². The summed E-state index contributed by atoms with van der Waals surface area (Å²) in [5.41, 5.74) is 3.88. The van der Waals surface area contributed by atoms with Crippen molar-refractivity contribution in [3.63, 3.8) is 0 Å². The summed E-state index contributed by atoms with van der Waals surface area (Å²) in [6.45, 7) is 3.06. The third-order valence-electron chi connectivity index (χ3n) is 5.56. The predicted octanol–water partition coefficient (Wildman–Crippen LogP) is 3.35. The molecule has 1 fully saturated rings. The maximum atomic E-state index is 9.30. The maximum absolute atomic E-state index is 9.30. The van der Waals surface area contributed by atoms with E-state index in [1.54, 1.807) is 0 Å². The van der Waals surface area contributed by atoms with Crippen molar-refractivity contribution in [2.24, 2.45) is 7.05 Å². The Bertz CT molecular complexity index is 865. The highest BCUT2D eigenvalue weighted by Crippen LogP contribution is 2.28. The highest BCUT2D eigenvalue weighted by atomic mass is 16.3. The van der Waals surface area contributed by atoms with Gasteiger partial charge in [-0.15, -0.1) is 10.2 Å². The van der Waals surface area contributed by atoms with Crippen LogP contribution in [0.5, 0.6) is 0 Å². The normalized spacial score (nSPS) is 15.9. The Morgan fingerprint density at radius 1 is 0.926 bits per heavy atom. The molecule has 0 amide bonds. The molecule has 1 N–H and O–H groups in total. The maximum Gasteiger partial charge on any atom is 0.158 e. The largest absolute Gasteiger partial charge is 0.388 e. The smallest absolute Gasteiger partial charge is 0.158 e. The molecule has 5 heteroatoms. The van der Waals surface area contributed by atoms with Crippen molar-refractivity contribution >= 4 is 0 Å². The van der Waals surface area contributed by atoms with Gasteiger partial charge in [0.15, 0.2) is 5.82 Å². The van der Waals surface area contributed by atoms with E-state index in [1.807, 2.05) is 17.7 Å². The average molecular weight is 362 g/mol. The number of rotatable bonds is 5. The number of aliphatic hydroxyl groups excluding tert-OH is 1. The zero-order valence-electron chi connectivity index (χ0n) is 15.8. The molecule has 1 aliphatic rings. The summed E-state index contributed by atoms with van der Waals surface area (Å²) >= 11 is 0. The van der Waals surface area contributed by atoms with Crippen molar-refractivity contribution in [1.29, 1.82) is 0 Å². The quantitative estimate of drug-likeness (QED) is 0.756. The Labute approximate surface area is 160 Å². The highest BCUT2D eigenvalue weighted by Gasteiger charge is 2.25. The topological polar surface area (TPSA) is 54.2 Å². The Kier molecular flexibility index (Phi) is 5.32. The Hall–Kier alpha value is -2.50. The van der Waals surface area contributed by atoms with Crippen molar-refractivity contribution in [2.45, 2.75) is 31.9 Å². The summed E-state index contributed by atoms with van der Waals surface area (Å²) in [6.07, 6.45) is 2.17. The second-order valence-corrected chi connectivity index (χ2v) is 7.30. The molecule has 1 aromatic heterocycles. The molecule has 1 aliphatic heterocycles. The molecular weight excluding hydrogens is 336 g/mol. The van der Waals surface area contributed by atoms with E-state index in [2.05, 4.69) is 63.6 Å². The lowest BCUT2D eigenvalue weighted by Gasteiger charge is -2.31. The van der Waals surface area contributed by atoms with Crippen LogP contribution >= 0.6 is 0 Å². The molecule has 5 nitrogen and oxygen atoms in total. The summed E-state index contributed by atoms with van der Waals surface area (Å²) in [6, 6.07) is 19.4. The van der Waals surface area contributed by atoms with Gasteiger partial charge < -0.3 is 9.67 Å². The van der Waals surface area contributed by atoms with Crippen LogP contribution in [0, 0.1) is 0 Å². The molecule has 0 bridgehead atoms.